The molecule has 3 N–H and O–H groups in total. The summed E-state index contributed by atoms with van der Waals surface area (Å²) >= 11 is 0. The lowest BCUT2D eigenvalue weighted by molar-refractivity contribution is 0.110. The third-order valence-electron chi connectivity index (χ3n) is 1.68. The summed E-state index contributed by atoms with van der Waals surface area (Å²) in [6, 6.07) is 3.25. The largest absolute Gasteiger partial charge is 0.453 e. The van der Waals surface area contributed by atoms with Crippen LogP contribution in [0, 0.1) is 0 Å². The first-order chi connectivity index (χ1) is 6.31. The zero-order chi connectivity index (χ0) is 9.26. The van der Waals surface area contributed by atoms with E-state index in [-0.39, 0.29) is 5.76 Å². The summed E-state index contributed by atoms with van der Waals surface area (Å²) in [4.78, 5) is 10.3. The minimum absolute atomic E-state index is 0.274. The van der Waals surface area contributed by atoms with E-state index in [1.807, 2.05) is 0 Å². The zero-order valence-electron chi connectivity index (χ0n) is 6.65. The number of aldehydes is 1. The van der Waals surface area contributed by atoms with Gasteiger partial charge in [0.2, 0.25) is 0 Å². The molecule has 0 aliphatic rings. The molecule has 2 aromatic rings. The Bertz CT molecular complexity index is 430. The third kappa shape index (κ3) is 1.20. The van der Waals surface area contributed by atoms with Gasteiger partial charge in [-0.2, -0.15) is 5.10 Å². The van der Waals surface area contributed by atoms with Gasteiger partial charge in [0.1, 0.15) is 11.6 Å². The number of anilines is 1. The number of hydrogen-bond donors (Lipinski definition) is 2. The fourth-order valence-corrected chi connectivity index (χ4v) is 1.05. The van der Waals surface area contributed by atoms with Crippen LogP contribution >= 0.6 is 0 Å². The maximum absolute atomic E-state index is 10.3. The Hall–Kier alpha value is -2.04. The molecular weight excluding hydrogens is 170 g/mol. The van der Waals surface area contributed by atoms with Crippen LogP contribution < -0.4 is 5.73 Å². The van der Waals surface area contributed by atoms with Crippen molar-refractivity contribution in [2.45, 2.75) is 0 Å². The molecule has 0 spiro atoms. The molecule has 0 fully saturated rings. The van der Waals surface area contributed by atoms with Crippen LogP contribution in [0.15, 0.2) is 22.7 Å². The van der Waals surface area contributed by atoms with Crippen molar-refractivity contribution in [3.05, 3.63) is 24.1 Å². The molecule has 0 bridgehead atoms. The van der Waals surface area contributed by atoms with Crippen molar-refractivity contribution in [2.24, 2.45) is 0 Å². The molecule has 5 heteroatoms. The highest BCUT2D eigenvalue weighted by atomic mass is 16.3. The van der Waals surface area contributed by atoms with Gasteiger partial charge in [-0.05, 0) is 12.1 Å². The van der Waals surface area contributed by atoms with Crippen LogP contribution in [0.3, 0.4) is 0 Å². The minimum Gasteiger partial charge on any atom is -0.453 e. The molecule has 2 heterocycles. The normalized spacial score (nSPS) is 10.2. The summed E-state index contributed by atoms with van der Waals surface area (Å²) in [5, 5.41) is 6.31. The van der Waals surface area contributed by atoms with E-state index in [9.17, 15) is 4.79 Å². The number of nitrogens with one attached hydrogen (secondary N) is 1. The second-order valence-corrected chi connectivity index (χ2v) is 2.52. The Morgan fingerprint density at radius 2 is 2.38 bits per heavy atom. The number of furan rings is 1. The molecular formula is C8H7N3O2. The number of carbonyl (C=O) groups is 1. The van der Waals surface area contributed by atoms with Crippen LogP contribution in [0.25, 0.3) is 11.3 Å². The molecule has 2 rings (SSSR count). The molecule has 0 amide bonds. The summed E-state index contributed by atoms with van der Waals surface area (Å²) < 4.78 is 5.15. The first kappa shape index (κ1) is 7.60. The Kier molecular flexibility index (Phi) is 1.63. The highest BCUT2D eigenvalue weighted by Gasteiger charge is 2.08. The average Bonchev–Trinajstić information content (AvgIpc) is 2.71. The molecule has 5 nitrogen and oxygen atoms in total. The van der Waals surface area contributed by atoms with Crippen molar-refractivity contribution in [1.29, 1.82) is 0 Å². The monoisotopic (exact) mass is 177 g/mol. The van der Waals surface area contributed by atoms with Gasteiger partial charge in [-0.1, -0.05) is 0 Å². The average molecular weight is 177 g/mol. The highest BCUT2D eigenvalue weighted by Crippen LogP contribution is 2.24. The minimum atomic E-state index is 0.274. The summed E-state index contributed by atoms with van der Waals surface area (Å²) in [7, 11) is 0. The molecule has 0 aliphatic heterocycles. The van der Waals surface area contributed by atoms with E-state index in [2.05, 4.69) is 10.2 Å². The molecule has 13 heavy (non-hydrogen) atoms. The van der Waals surface area contributed by atoms with Crippen molar-refractivity contribution in [3.63, 3.8) is 0 Å². The fraction of sp³-hybridized carbons (Fsp3) is 0. The molecule has 0 aromatic carbocycles. The zero-order valence-corrected chi connectivity index (χ0v) is 6.65. The predicted octanol–water partition coefficient (Wildman–Crippen LogP) is 1.06. The molecule has 0 unspecified atom stereocenters. The van der Waals surface area contributed by atoms with Gasteiger partial charge in [-0.15, -0.1) is 0 Å². The third-order valence-corrected chi connectivity index (χ3v) is 1.68. The van der Waals surface area contributed by atoms with Crippen molar-refractivity contribution >= 4 is 12.1 Å². The van der Waals surface area contributed by atoms with Crippen LogP contribution in [-0.4, -0.2) is 16.5 Å². The number of carbonyl (C=O) groups excluding carboxylic acids is 1. The smallest absolute Gasteiger partial charge is 0.185 e. The molecule has 0 saturated heterocycles. The van der Waals surface area contributed by atoms with Crippen molar-refractivity contribution in [1.82, 2.24) is 10.2 Å². The van der Waals surface area contributed by atoms with E-state index in [0.29, 0.717) is 23.4 Å². The van der Waals surface area contributed by atoms with Crippen LogP contribution in [0.1, 0.15) is 10.6 Å². The first-order valence-corrected chi connectivity index (χ1v) is 3.65. The number of hydrogen-bond acceptors (Lipinski definition) is 4. The standard InChI is InChI=1S/C8H7N3O2/c9-8-6(3-10-11-8)7-2-1-5(4-12)13-7/h1-4H,(H3,9,10,11). The van der Waals surface area contributed by atoms with E-state index < -0.39 is 0 Å². The molecule has 2 aromatic heterocycles. The lowest BCUT2D eigenvalue weighted by Crippen LogP contribution is -1.86. The number of aromatic nitrogens is 2. The van der Waals surface area contributed by atoms with Gasteiger partial charge in [0.25, 0.3) is 0 Å². The van der Waals surface area contributed by atoms with Crippen molar-refractivity contribution < 1.29 is 9.21 Å². The lowest BCUT2D eigenvalue weighted by Gasteiger charge is -1.91. The predicted molar refractivity (Wildman–Crippen MR) is 46.1 cm³/mol. The lowest BCUT2D eigenvalue weighted by atomic mass is 10.2. The summed E-state index contributed by atoms with van der Waals surface area (Å²) in [6.07, 6.45) is 2.18. The van der Waals surface area contributed by atoms with Crippen LogP contribution in [-0.2, 0) is 0 Å². The second-order valence-electron chi connectivity index (χ2n) is 2.52. The van der Waals surface area contributed by atoms with Crippen molar-refractivity contribution in [3.8, 4) is 11.3 Å². The van der Waals surface area contributed by atoms with Gasteiger partial charge in [0.15, 0.2) is 12.0 Å². The van der Waals surface area contributed by atoms with Crippen molar-refractivity contribution in [2.75, 3.05) is 5.73 Å². The van der Waals surface area contributed by atoms with E-state index in [4.69, 9.17) is 10.2 Å². The van der Waals surface area contributed by atoms with Gasteiger partial charge < -0.3 is 10.2 Å². The molecule has 0 saturated carbocycles. The molecule has 0 aliphatic carbocycles. The molecule has 0 atom stereocenters. The Labute approximate surface area is 73.5 Å². The first-order valence-electron chi connectivity index (χ1n) is 3.65. The van der Waals surface area contributed by atoms with Gasteiger partial charge in [-0.3, -0.25) is 9.89 Å². The number of rotatable bonds is 2. The highest BCUT2D eigenvalue weighted by molar-refractivity contribution is 5.75. The van der Waals surface area contributed by atoms with Gasteiger partial charge in [0.05, 0.1) is 11.8 Å². The topological polar surface area (TPSA) is 84.9 Å². The number of aromatic amines is 1. The van der Waals surface area contributed by atoms with E-state index in [1.165, 1.54) is 0 Å². The van der Waals surface area contributed by atoms with Crippen LogP contribution in [0.4, 0.5) is 5.82 Å². The Balaban J connectivity index is 2.46. The number of nitrogens with zero attached hydrogens (tertiary/aromatic N) is 1. The van der Waals surface area contributed by atoms with Crippen LogP contribution in [0.5, 0.6) is 0 Å². The van der Waals surface area contributed by atoms with Crippen LogP contribution in [0.2, 0.25) is 0 Å². The molecule has 66 valence electrons. The van der Waals surface area contributed by atoms with Gasteiger partial charge in [0, 0.05) is 0 Å². The number of H-pyrrole nitrogens is 1. The summed E-state index contributed by atoms with van der Waals surface area (Å²) in [5.74, 6) is 1.23. The van der Waals surface area contributed by atoms with E-state index in [1.54, 1.807) is 18.3 Å². The summed E-state index contributed by atoms with van der Waals surface area (Å²) in [5.41, 5.74) is 6.22. The second kappa shape index (κ2) is 2.78. The maximum atomic E-state index is 10.3. The Morgan fingerprint density at radius 1 is 1.54 bits per heavy atom. The number of nitrogens with two attached hydrogens (primary N) is 1. The van der Waals surface area contributed by atoms with E-state index >= 15 is 0 Å². The SMILES string of the molecule is Nc1[nH]ncc1-c1ccc(C=O)o1. The quantitative estimate of drug-likeness (QED) is 0.671. The van der Waals surface area contributed by atoms with Gasteiger partial charge >= 0.3 is 0 Å². The summed E-state index contributed by atoms with van der Waals surface area (Å²) in [6.45, 7) is 0. The fourth-order valence-electron chi connectivity index (χ4n) is 1.05. The molecule has 0 radical (unpaired) electrons. The Morgan fingerprint density at radius 3 is 2.92 bits per heavy atom. The maximum Gasteiger partial charge on any atom is 0.185 e. The van der Waals surface area contributed by atoms with Gasteiger partial charge in [-0.25, -0.2) is 0 Å². The number of nitrogen functional groups attached to an aromatic ring is 1. The van der Waals surface area contributed by atoms with E-state index in [0.717, 1.165) is 0 Å².